The number of hydrogen-bond acceptors (Lipinski definition) is 6. The zero-order chi connectivity index (χ0) is 25.4. The monoisotopic (exact) mass is 490 g/mol. The summed E-state index contributed by atoms with van der Waals surface area (Å²) in [5, 5.41) is 11.2. The average Bonchev–Trinajstić information content (AvgIpc) is 3.61. The van der Waals surface area contributed by atoms with Crippen LogP contribution in [0.2, 0.25) is 0 Å². The maximum atomic E-state index is 14.1. The van der Waals surface area contributed by atoms with Gasteiger partial charge in [0.15, 0.2) is 5.60 Å². The Morgan fingerprint density at radius 3 is 2.54 bits per heavy atom. The molecule has 0 amide bonds. The molecule has 0 spiro atoms. The number of ether oxygens (including phenoxy) is 2. The molecule has 10 heteroatoms. The fourth-order valence-corrected chi connectivity index (χ4v) is 4.17. The number of carbonyl (C=O) groups is 1. The zero-order valence-corrected chi connectivity index (χ0v) is 18.9. The molecule has 0 bridgehead atoms. The molecule has 3 aromatic rings. The number of aliphatic hydroxyl groups is 1. The van der Waals surface area contributed by atoms with Gasteiger partial charge in [0.25, 0.3) is 0 Å². The highest BCUT2D eigenvalue weighted by Gasteiger charge is 2.60. The van der Waals surface area contributed by atoms with Crippen LogP contribution in [0.4, 0.5) is 23.2 Å². The van der Waals surface area contributed by atoms with Crippen molar-refractivity contribution in [3.63, 3.8) is 0 Å². The van der Waals surface area contributed by atoms with E-state index < -0.39 is 35.4 Å². The fraction of sp³-hybridized carbons (Fsp3) is 0.320. The van der Waals surface area contributed by atoms with E-state index in [0.717, 1.165) is 12.1 Å². The highest BCUT2D eigenvalue weighted by molar-refractivity contribution is 5.96. The van der Waals surface area contributed by atoms with Crippen molar-refractivity contribution in [1.29, 1.82) is 0 Å². The van der Waals surface area contributed by atoms with Crippen molar-refractivity contribution in [2.75, 3.05) is 14.2 Å². The van der Waals surface area contributed by atoms with Gasteiger partial charge in [0, 0.05) is 29.0 Å². The van der Waals surface area contributed by atoms with Gasteiger partial charge in [0.05, 0.1) is 25.4 Å². The molecule has 1 N–H and O–H groups in total. The molecular formula is C25H22F4N2O4. The molecular weight excluding hydrogens is 468 g/mol. The third kappa shape index (κ3) is 4.70. The molecule has 4 rings (SSSR count). The van der Waals surface area contributed by atoms with Gasteiger partial charge in [-0.25, -0.2) is 14.2 Å². The van der Waals surface area contributed by atoms with Crippen molar-refractivity contribution < 1.29 is 36.9 Å². The van der Waals surface area contributed by atoms with Gasteiger partial charge >= 0.3 is 12.1 Å². The smallest absolute Gasteiger partial charge is 0.422 e. The lowest BCUT2D eigenvalue weighted by molar-refractivity contribution is -0.233. The third-order valence-electron chi connectivity index (χ3n) is 6.21. The zero-order valence-electron chi connectivity index (χ0n) is 18.9. The van der Waals surface area contributed by atoms with E-state index in [1.165, 1.54) is 44.6 Å². The Hall–Kier alpha value is -3.53. The lowest BCUT2D eigenvalue weighted by atomic mass is 9.82. The van der Waals surface area contributed by atoms with Gasteiger partial charge in [-0.05, 0) is 55.3 Å². The summed E-state index contributed by atoms with van der Waals surface area (Å²) >= 11 is 0. The van der Waals surface area contributed by atoms with Gasteiger partial charge in [-0.3, -0.25) is 4.99 Å². The van der Waals surface area contributed by atoms with Crippen molar-refractivity contribution in [3.05, 3.63) is 65.6 Å². The first kappa shape index (κ1) is 24.6. The molecule has 0 saturated heterocycles. The fourth-order valence-electron chi connectivity index (χ4n) is 4.17. The first-order valence-electron chi connectivity index (χ1n) is 10.7. The second kappa shape index (κ2) is 8.92. The first-order valence-corrected chi connectivity index (χ1v) is 10.7. The largest absolute Gasteiger partial charge is 0.496 e. The molecule has 1 aliphatic carbocycles. The van der Waals surface area contributed by atoms with Gasteiger partial charge in [-0.1, -0.05) is 6.07 Å². The van der Waals surface area contributed by atoms with Crippen LogP contribution < -0.4 is 4.74 Å². The topological polar surface area (TPSA) is 81.0 Å². The van der Waals surface area contributed by atoms with E-state index in [9.17, 15) is 27.5 Å². The summed E-state index contributed by atoms with van der Waals surface area (Å²) in [5.74, 6) is -1.01. The highest BCUT2D eigenvalue weighted by Crippen LogP contribution is 2.57. The Kier molecular flexibility index (Phi) is 6.27. The number of aliphatic imine (C=N–C) groups is 1. The van der Waals surface area contributed by atoms with Gasteiger partial charge in [-0.2, -0.15) is 13.2 Å². The Labute approximate surface area is 198 Å². The molecule has 0 aliphatic heterocycles. The number of alkyl halides is 3. The Bertz CT molecular complexity index is 1300. The van der Waals surface area contributed by atoms with Crippen molar-refractivity contribution in [1.82, 2.24) is 4.98 Å². The van der Waals surface area contributed by atoms with Crippen LogP contribution in [0.3, 0.4) is 0 Å². The minimum atomic E-state index is -5.05. The number of rotatable bonds is 7. The minimum Gasteiger partial charge on any atom is -0.496 e. The van der Waals surface area contributed by atoms with E-state index in [1.54, 1.807) is 6.07 Å². The number of benzene rings is 2. The van der Waals surface area contributed by atoms with Crippen molar-refractivity contribution in [3.8, 4) is 5.75 Å². The standard InChI is InChI=1S/C25H22F4N2O4/c1-34-21-9-6-15(26)12-17(21)23(10-11-23)13-24(33,25(27,28)29)14-30-18-4-3-5-19-16(18)7-8-20(31-19)22(32)35-2/h3-9,12,14,33H,10-11,13H2,1-2H3/b30-14+. The molecule has 0 radical (unpaired) electrons. The van der Waals surface area contributed by atoms with Gasteiger partial charge < -0.3 is 14.6 Å². The van der Waals surface area contributed by atoms with E-state index in [4.69, 9.17) is 4.74 Å². The number of fused-ring (bicyclic) bond motifs is 1. The number of aromatic nitrogens is 1. The molecule has 1 heterocycles. The molecule has 35 heavy (non-hydrogen) atoms. The molecule has 1 aromatic heterocycles. The number of pyridine rings is 1. The summed E-state index contributed by atoms with van der Waals surface area (Å²) in [6.45, 7) is 0. The highest BCUT2D eigenvalue weighted by atomic mass is 19.4. The van der Waals surface area contributed by atoms with Crippen molar-refractivity contribution >= 4 is 28.8 Å². The van der Waals surface area contributed by atoms with Crippen LogP contribution in [0, 0.1) is 5.82 Å². The van der Waals surface area contributed by atoms with Gasteiger partial charge in [0.2, 0.25) is 0 Å². The van der Waals surface area contributed by atoms with E-state index in [1.807, 2.05) is 0 Å². The first-order chi connectivity index (χ1) is 16.5. The Morgan fingerprint density at radius 2 is 1.91 bits per heavy atom. The van der Waals surface area contributed by atoms with E-state index in [0.29, 0.717) is 30.0 Å². The summed E-state index contributed by atoms with van der Waals surface area (Å²) in [6, 6.07) is 11.1. The summed E-state index contributed by atoms with van der Waals surface area (Å²) in [7, 11) is 2.56. The summed E-state index contributed by atoms with van der Waals surface area (Å²) in [6.07, 6.45) is -4.67. The van der Waals surface area contributed by atoms with Crippen molar-refractivity contribution in [2.24, 2.45) is 4.99 Å². The average molecular weight is 490 g/mol. The van der Waals surface area contributed by atoms with Gasteiger partial charge in [0.1, 0.15) is 17.3 Å². The number of nitrogens with zero attached hydrogens (tertiary/aromatic N) is 2. The predicted octanol–water partition coefficient (Wildman–Crippen LogP) is 5.29. The number of methoxy groups -OCH3 is 2. The van der Waals surface area contributed by atoms with E-state index in [2.05, 4.69) is 14.7 Å². The maximum absolute atomic E-state index is 14.1. The SMILES string of the molecule is COC(=O)c1ccc2c(/N=C/C(O)(CC3(c4cc(F)ccc4OC)CC3)C(F)(F)F)cccc2n1. The normalized spacial score (nSPS) is 16.8. The minimum absolute atomic E-state index is 0.0349. The number of hydrogen-bond donors (Lipinski definition) is 1. The third-order valence-corrected chi connectivity index (χ3v) is 6.21. The molecule has 2 aromatic carbocycles. The number of esters is 1. The molecule has 6 nitrogen and oxygen atoms in total. The van der Waals surface area contributed by atoms with Gasteiger partial charge in [-0.15, -0.1) is 0 Å². The summed E-state index contributed by atoms with van der Waals surface area (Å²) in [5.41, 5.74) is -3.64. The predicted molar refractivity (Wildman–Crippen MR) is 121 cm³/mol. The molecule has 1 atom stereocenters. The summed E-state index contributed by atoms with van der Waals surface area (Å²) in [4.78, 5) is 19.9. The van der Waals surface area contributed by atoms with Crippen LogP contribution in [0.5, 0.6) is 5.75 Å². The van der Waals surface area contributed by atoms with E-state index >= 15 is 0 Å². The van der Waals surface area contributed by atoms with Crippen LogP contribution in [0.1, 0.15) is 35.3 Å². The number of halogens is 4. The van der Waals surface area contributed by atoms with Crippen LogP contribution >= 0.6 is 0 Å². The Morgan fingerprint density at radius 1 is 1.17 bits per heavy atom. The number of carbonyl (C=O) groups excluding carboxylic acids is 1. The van der Waals surface area contributed by atoms with Crippen LogP contribution in [0.25, 0.3) is 10.9 Å². The van der Waals surface area contributed by atoms with Crippen LogP contribution in [-0.2, 0) is 10.2 Å². The molecule has 1 saturated carbocycles. The molecule has 184 valence electrons. The second-order valence-electron chi connectivity index (χ2n) is 8.51. The lowest BCUT2D eigenvalue weighted by Crippen LogP contribution is -2.49. The van der Waals surface area contributed by atoms with Crippen LogP contribution in [-0.4, -0.2) is 48.3 Å². The molecule has 1 fully saturated rings. The quantitative estimate of drug-likeness (QED) is 0.277. The lowest BCUT2D eigenvalue weighted by Gasteiger charge is -2.31. The van der Waals surface area contributed by atoms with E-state index in [-0.39, 0.29) is 22.7 Å². The van der Waals surface area contributed by atoms with Crippen molar-refractivity contribution in [2.45, 2.75) is 36.5 Å². The second-order valence-corrected chi connectivity index (χ2v) is 8.51. The maximum Gasteiger partial charge on any atom is 0.422 e. The Balaban J connectivity index is 1.71. The van der Waals surface area contributed by atoms with Crippen LogP contribution in [0.15, 0.2) is 53.5 Å². The molecule has 1 unspecified atom stereocenters. The summed E-state index contributed by atoms with van der Waals surface area (Å²) < 4.78 is 66.2. The molecule has 1 aliphatic rings.